The lowest BCUT2D eigenvalue weighted by Gasteiger charge is -2.37. The van der Waals surface area contributed by atoms with Gasteiger partial charge in [-0.2, -0.15) is 13.4 Å². The minimum absolute atomic E-state index is 0.0621. The zero-order valence-corrected chi connectivity index (χ0v) is 22.6. The van der Waals surface area contributed by atoms with Crippen LogP contribution in [-0.2, 0) is 14.9 Å². The number of benzene rings is 4. The van der Waals surface area contributed by atoms with Crippen LogP contribution in [0, 0.1) is 0 Å². The number of anilines is 1. The zero-order valence-electron chi connectivity index (χ0n) is 20.9. The van der Waals surface area contributed by atoms with E-state index < -0.39 is 10.1 Å². The summed E-state index contributed by atoms with van der Waals surface area (Å²) in [5, 5.41) is 3.12. The molecular formula is C30H25N3O4S2. The van der Waals surface area contributed by atoms with E-state index in [9.17, 15) is 13.2 Å². The number of aliphatic imine (C=N–C) groups is 1. The normalized spacial score (nSPS) is 17.1. The minimum atomic E-state index is -4.02. The number of carbonyl (C=O) groups excluding carboxylic acids is 1. The Balaban J connectivity index is 1.15. The molecule has 7 nitrogen and oxygen atoms in total. The van der Waals surface area contributed by atoms with Crippen LogP contribution < -0.4 is 9.08 Å². The summed E-state index contributed by atoms with van der Waals surface area (Å²) in [5.74, 6) is -0.188. The fraction of sp³-hybridized carbons (Fsp3) is 0.133. The highest BCUT2D eigenvalue weighted by Crippen LogP contribution is 2.34. The van der Waals surface area contributed by atoms with Crippen LogP contribution in [0.2, 0.25) is 0 Å². The topological polar surface area (TPSA) is 79.3 Å². The van der Waals surface area contributed by atoms with Gasteiger partial charge in [-0.25, -0.2) is 0 Å². The minimum Gasteiger partial charge on any atom is -0.378 e. The van der Waals surface area contributed by atoms with Gasteiger partial charge in [0.25, 0.3) is 5.91 Å². The Labute approximate surface area is 231 Å². The van der Waals surface area contributed by atoms with Crippen molar-refractivity contribution >= 4 is 55.5 Å². The molecule has 0 saturated carbocycles. The molecule has 4 aromatic carbocycles. The van der Waals surface area contributed by atoms with Crippen LogP contribution in [0.15, 0.2) is 112 Å². The van der Waals surface area contributed by atoms with E-state index in [1.807, 2.05) is 6.07 Å². The van der Waals surface area contributed by atoms with Crippen LogP contribution in [0.1, 0.15) is 5.56 Å². The number of piperazine rings is 1. The van der Waals surface area contributed by atoms with Gasteiger partial charge in [0.05, 0.1) is 4.91 Å². The van der Waals surface area contributed by atoms with Gasteiger partial charge >= 0.3 is 10.1 Å². The van der Waals surface area contributed by atoms with Crippen LogP contribution in [-0.4, -0.2) is 50.6 Å². The molecule has 6 rings (SSSR count). The Morgan fingerprint density at radius 3 is 2.26 bits per heavy atom. The molecule has 0 bridgehead atoms. The molecule has 39 heavy (non-hydrogen) atoms. The van der Waals surface area contributed by atoms with Crippen LogP contribution in [0.5, 0.6) is 5.75 Å². The third kappa shape index (κ3) is 5.28. The predicted octanol–water partition coefficient (Wildman–Crippen LogP) is 5.40. The largest absolute Gasteiger partial charge is 0.378 e. The second-order valence-electron chi connectivity index (χ2n) is 9.17. The molecule has 0 atom stereocenters. The molecule has 2 aliphatic rings. The summed E-state index contributed by atoms with van der Waals surface area (Å²) in [4.78, 5) is 22.1. The number of amidine groups is 1. The van der Waals surface area contributed by atoms with Gasteiger partial charge in [0, 0.05) is 42.8 Å². The molecule has 9 heteroatoms. The maximum Gasteiger partial charge on any atom is 0.339 e. The number of para-hydroxylation sites is 1. The number of carbonyl (C=O) groups is 1. The monoisotopic (exact) mass is 555 g/mol. The fourth-order valence-electron chi connectivity index (χ4n) is 4.73. The summed E-state index contributed by atoms with van der Waals surface area (Å²) < 4.78 is 31.0. The van der Waals surface area contributed by atoms with E-state index in [0.29, 0.717) is 15.6 Å². The summed E-state index contributed by atoms with van der Waals surface area (Å²) in [7, 11) is -4.02. The lowest BCUT2D eigenvalue weighted by molar-refractivity contribution is -0.113. The predicted molar refractivity (Wildman–Crippen MR) is 156 cm³/mol. The standard InChI is InChI=1S/C30H25N3O4S2/c34-29-28(21-23-10-5-7-16-27(23)37-39(35,36)24-12-2-1-3-13-24)38-30(31-29)33-19-17-32(18-20-33)26-15-8-11-22-9-4-6-14-25(22)26/h1-16,21H,17-20H2. The van der Waals surface area contributed by atoms with Crippen LogP contribution in [0.4, 0.5) is 5.69 Å². The molecule has 0 N–H and O–H groups in total. The smallest absolute Gasteiger partial charge is 0.339 e. The Bertz CT molecular complexity index is 1710. The first kappa shape index (κ1) is 25.2. The molecule has 0 aromatic heterocycles. The van der Waals surface area contributed by atoms with E-state index in [1.165, 1.54) is 40.4 Å². The van der Waals surface area contributed by atoms with Gasteiger partial charge in [0.15, 0.2) is 5.17 Å². The third-order valence-electron chi connectivity index (χ3n) is 6.70. The zero-order chi connectivity index (χ0) is 26.8. The van der Waals surface area contributed by atoms with Gasteiger partial charge in [0.1, 0.15) is 10.6 Å². The van der Waals surface area contributed by atoms with Crippen molar-refractivity contribution in [3.63, 3.8) is 0 Å². The maximum absolute atomic E-state index is 12.8. The highest BCUT2D eigenvalue weighted by atomic mass is 32.2. The van der Waals surface area contributed by atoms with E-state index in [4.69, 9.17) is 4.18 Å². The van der Waals surface area contributed by atoms with Crippen LogP contribution in [0.25, 0.3) is 16.8 Å². The first-order valence-corrected chi connectivity index (χ1v) is 14.8. The van der Waals surface area contributed by atoms with Gasteiger partial charge in [-0.15, -0.1) is 0 Å². The molecule has 0 unspecified atom stereocenters. The first-order valence-electron chi connectivity index (χ1n) is 12.6. The van der Waals surface area contributed by atoms with Gasteiger partial charge < -0.3 is 14.0 Å². The van der Waals surface area contributed by atoms with Crippen molar-refractivity contribution in [1.29, 1.82) is 0 Å². The molecule has 1 amide bonds. The number of fused-ring (bicyclic) bond motifs is 1. The van der Waals surface area contributed by atoms with Crippen molar-refractivity contribution in [3.05, 3.63) is 108 Å². The highest BCUT2D eigenvalue weighted by Gasteiger charge is 2.29. The molecule has 0 aliphatic carbocycles. The Morgan fingerprint density at radius 2 is 1.44 bits per heavy atom. The van der Waals surface area contributed by atoms with E-state index >= 15 is 0 Å². The highest BCUT2D eigenvalue weighted by molar-refractivity contribution is 8.18. The first-order chi connectivity index (χ1) is 19.0. The fourth-order valence-corrected chi connectivity index (χ4v) is 6.66. The van der Waals surface area contributed by atoms with Crippen molar-refractivity contribution in [2.24, 2.45) is 4.99 Å². The number of nitrogens with zero attached hydrogens (tertiary/aromatic N) is 3. The molecule has 196 valence electrons. The second kappa shape index (κ2) is 10.6. The second-order valence-corrected chi connectivity index (χ2v) is 11.7. The van der Waals surface area contributed by atoms with Gasteiger partial charge in [0.2, 0.25) is 0 Å². The van der Waals surface area contributed by atoms with Crippen molar-refractivity contribution in [3.8, 4) is 5.75 Å². The number of rotatable bonds is 5. The Kier molecular flexibility index (Phi) is 6.85. The molecule has 1 saturated heterocycles. The van der Waals surface area contributed by atoms with Gasteiger partial charge in [-0.3, -0.25) is 4.79 Å². The van der Waals surface area contributed by atoms with Crippen molar-refractivity contribution in [2.75, 3.05) is 31.1 Å². The maximum atomic E-state index is 12.8. The number of thioether (sulfide) groups is 1. The quantitative estimate of drug-likeness (QED) is 0.241. The van der Waals surface area contributed by atoms with Crippen molar-refractivity contribution in [1.82, 2.24) is 4.90 Å². The molecular weight excluding hydrogens is 530 g/mol. The SMILES string of the molecule is O=C1N=C(N2CCN(c3cccc4ccccc34)CC2)SC1=Cc1ccccc1OS(=O)(=O)c1ccccc1. The Hall–Kier alpha value is -4.08. The van der Waals surface area contributed by atoms with E-state index in [-0.39, 0.29) is 16.6 Å². The summed E-state index contributed by atoms with van der Waals surface area (Å²) in [5.41, 5.74) is 1.71. The summed E-state index contributed by atoms with van der Waals surface area (Å²) in [6.45, 7) is 3.11. The van der Waals surface area contributed by atoms with Crippen molar-refractivity contribution < 1.29 is 17.4 Å². The molecule has 1 fully saturated rings. The van der Waals surface area contributed by atoms with Gasteiger partial charge in [-0.1, -0.05) is 72.8 Å². The van der Waals surface area contributed by atoms with E-state index in [1.54, 1.807) is 48.5 Å². The molecule has 2 heterocycles. The summed E-state index contributed by atoms with van der Waals surface area (Å²) in [6, 6.07) is 29.5. The van der Waals surface area contributed by atoms with E-state index in [0.717, 1.165) is 26.2 Å². The molecule has 0 radical (unpaired) electrons. The number of hydrogen-bond donors (Lipinski definition) is 0. The lowest BCUT2D eigenvalue weighted by atomic mass is 10.1. The Morgan fingerprint density at radius 1 is 0.769 bits per heavy atom. The van der Waals surface area contributed by atoms with Gasteiger partial charge in [-0.05, 0) is 47.5 Å². The molecule has 4 aromatic rings. The van der Waals surface area contributed by atoms with Crippen molar-refractivity contribution in [2.45, 2.75) is 4.90 Å². The molecule has 0 spiro atoms. The number of amides is 1. The molecule has 2 aliphatic heterocycles. The average Bonchev–Trinajstić information content (AvgIpc) is 3.34. The van der Waals surface area contributed by atoms with Crippen LogP contribution in [0.3, 0.4) is 0 Å². The number of hydrogen-bond acceptors (Lipinski definition) is 7. The van der Waals surface area contributed by atoms with E-state index in [2.05, 4.69) is 51.2 Å². The third-order valence-corrected chi connectivity index (χ3v) is 9.00. The lowest BCUT2D eigenvalue weighted by Crippen LogP contribution is -2.47. The summed E-state index contributed by atoms with van der Waals surface area (Å²) >= 11 is 1.31. The van der Waals surface area contributed by atoms with Crippen LogP contribution >= 0.6 is 11.8 Å². The average molecular weight is 556 g/mol. The summed E-state index contributed by atoms with van der Waals surface area (Å²) in [6.07, 6.45) is 1.64.